The van der Waals surface area contributed by atoms with E-state index in [4.69, 9.17) is 16.3 Å². The number of carbonyl (C=O) groups is 2. The Morgan fingerprint density at radius 1 is 1.11 bits per heavy atom. The normalized spacial score (nSPS) is 10.7. The van der Waals surface area contributed by atoms with Crippen LogP contribution >= 0.6 is 11.6 Å². The molecular formula is C20H20ClN3O3. The number of benzene rings is 1. The van der Waals surface area contributed by atoms with Gasteiger partial charge in [0, 0.05) is 30.8 Å². The highest BCUT2D eigenvalue weighted by Gasteiger charge is 2.10. The third kappa shape index (κ3) is 5.08. The summed E-state index contributed by atoms with van der Waals surface area (Å²) in [5.41, 5.74) is 2.06. The maximum absolute atomic E-state index is 12.2. The van der Waals surface area contributed by atoms with Crippen LogP contribution in [0.5, 0.6) is 5.75 Å². The van der Waals surface area contributed by atoms with Crippen LogP contribution in [0.4, 0.5) is 0 Å². The Morgan fingerprint density at radius 3 is 2.63 bits per heavy atom. The molecule has 3 rings (SSSR count). The van der Waals surface area contributed by atoms with Crippen molar-refractivity contribution in [2.24, 2.45) is 0 Å². The van der Waals surface area contributed by atoms with E-state index in [2.05, 4.69) is 10.3 Å². The molecule has 2 aromatic heterocycles. The molecule has 0 radical (unpaired) electrons. The van der Waals surface area contributed by atoms with Crippen molar-refractivity contribution >= 4 is 28.9 Å². The SMILES string of the molecule is CCOc1ccc(C(=O)CCC(=O)NCc2cn3cc(Cl)ccc3n2)cc1. The van der Waals surface area contributed by atoms with Crippen LogP contribution < -0.4 is 10.1 Å². The summed E-state index contributed by atoms with van der Waals surface area (Å²) < 4.78 is 7.16. The van der Waals surface area contributed by atoms with Gasteiger partial charge in [-0.2, -0.15) is 0 Å². The van der Waals surface area contributed by atoms with Gasteiger partial charge in [0.05, 0.1) is 23.9 Å². The summed E-state index contributed by atoms with van der Waals surface area (Å²) in [6.07, 6.45) is 3.85. The van der Waals surface area contributed by atoms with Crippen LogP contribution in [0, 0.1) is 0 Å². The second-order valence-electron chi connectivity index (χ2n) is 6.00. The summed E-state index contributed by atoms with van der Waals surface area (Å²) in [7, 11) is 0. The summed E-state index contributed by atoms with van der Waals surface area (Å²) in [6, 6.07) is 10.5. The van der Waals surface area contributed by atoms with Gasteiger partial charge < -0.3 is 14.5 Å². The number of hydrogen-bond acceptors (Lipinski definition) is 4. The van der Waals surface area contributed by atoms with Crippen LogP contribution in [-0.4, -0.2) is 27.7 Å². The van der Waals surface area contributed by atoms with E-state index in [0.717, 1.165) is 17.1 Å². The predicted octanol–water partition coefficient (Wildman–Crippen LogP) is 3.67. The van der Waals surface area contributed by atoms with Gasteiger partial charge in [0.15, 0.2) is 5.78 Å². The lowest BCUT2D eigenvalue weighted by atomic mass is 10.1. The fourth-order valence-electron chi connectivity index (χ4n) is 2.66. The highest BCUT2D eigenvalue weighted by atomic mass is 35.5. The zero-order valence-corrected chi connectivity index (χ0v) is 15.7. The molecule has 27 heavy (non-hydrogen) atoms. The van der Waals surface area contributed by atoms with Gasteiger partial charge in [-0.15, -0.1) is 0 Å². The summed E-state index contributed by atoms with van der Waals surface area (Å²) in [6.45, 7) is 2.78. The zero-order valence-electron chi connectivity index (χ0n) is 14.9. The molecule has 1 N–H and O–H groups in total. The highest BCUT2D eigenvalue weighted by molar-refractivity contribution is 6.30. The minimum absolute atomic E-state index is 0.0735. The fourth-order valence-corrected chi connectivity index (χ4v) is 2.82. The van der Waals surface area contributed by atoms with E-state index in [-0.39, 0.29) is 24.5 Å². The van der Waals surface area contributed by atoms with Crippen molar-refractivity contribution < 1.29 is 14.3 Å². The number of rotatable bonds is 8. The molecule has 0 bridgehead atoms. The van der Waals surface area contributed by atoms with Gasteiger partial charge in [0.25, 0.3) is 0 Å². The van der Waals surface area contributed by atoms with E-state index < -0.39 is 0 Å². The Balaban J connectivity index is 1.47. The number of nitrogens with one attached hydrogen (secondary N) is 1. The molecule has 140 valence electrons. The van der Waals surface area contributed by atoms with E-state index in [1.807, 2.05) is 19.2 Å². The second-order valence-corrected chi connectivity index (χ2v) is 6.44. The number of halogens is 1. The van der Waals surface area contributed by atoms with Crippen molar-refractivity contribution in [2.75, 3.05) is 6.61 Å². The molecule has 7 heteroatoms. The molecule has 0 aliphatic carbocycles. The van der Waals surface area contributed by atoms with Crippen molar-refractivity contribution in [3.8, 4) is 5.75 Å². The van der Waals surface area contributed by atoms with Crippen LogP contribution in [0.2, 0.25) is 5.02 Å². The third-order valence-electron chi connectivity index (χ3n) is 4.00. The fraction of sp³-hybridized carbons (Fsp3) is 0.250. The van der Waals surface area contributed by atoms with Gasteiger partial charge >= 0.3 is 0 Å². The maximum Gasteiger partial charge on any atom is 0.220 e. The minimum atomic E-state index is -0.190. The third-order valence-corrected chi connectivity index (χ3v) is 4.22. The average Bonchev–Trinajstić information content (AvgIpc) is 3.07. The van der Waals surface area contributed by atoms with Crippen LogP contribution in [0.25, 0.3) is 5.65 Å². The molecule has 1 amide bonds. The lowest BCUT2D eigenvalue weighted by Crippen LogP contribution is -2.23. The van der Waals surface area contributed by atoms with Gasteiger partial charge in [-0.3, -0.25) is 9.59 Å². The lowest BCUT2D eigenvalue weighted by molar-refractivity contribution is -0.121. The Kier molecular flexibility index (Phi) is 6.08. The number of fused-ring (bicyclic) bond motifs is 1. The largest absolute Gasteiger partial charge is 0.494 e. The number of nitrogens with zero attached hydrogens (tertiary/aromatic N) is 2. The highest BCUT2D eigenvalue weighted by Crippen LogP contribution is 2.14. The molecule has 0 atom stereocenters. The van der Waals surface area contributed by atoms with Crippen molar-refractivity contribution in [1.29, 1.82) is 0 Å². The van der Waals surface area contributed by atoms with Crippen molar-refractivity contribution in [3.05, 3.63) is 65.1 Å². The van der Waals surface area contributed by atoms with Crippen molar-refractivity contribution in [1.82, 2.24) is 14.7 Å². The van der Waals surface area contributed by atoms with Crippen LogP contribution in [0.15, 0.2) is 48.8 Å². The first-order chi connectivity index (χ1) is 13.0. The first kappa shape index (κ1) is 18.9. The van der Waals surface area contributed by atoms with Crippen molar-refractivity contribution in [2.45, 2.75) is 26.3 Å². The molecule has 0 fully saturated rings. The van der Waals surface area contributed by atoms with Crippen LogP contribution in [0.1, 0.15) is 35.8 Å². The molecule has 0 unspecified atom stereocenters. The van der Waals surface area contributed by atoms with Gasteiger partial charge in [0.1, 0.15) is 11.4 Å². The number of ether oxygens (including phenoxy) is 1. The van der Waals surface area contributed by atoms with E-state index in [1.165, 1.54) is 0 Å². The van der Waals surface area contributed by atoms with Gasteiger partial charge in [-0.1, -0.05) is 11.6 Å². The zero-order chi connectivity index (χ0) is 19.2. The first-order valence-electron chi connectivity index (χ1n) is 8.71. The second kappa shape index (κ2) is 8.68. The number of carbonyl (C=O) groups excluding carboxylic acids is 2. The van der Waals surface area contributed by atoms with E-state index in [1.54, 1.807) is 40.9 Å². The molecule has 0 spiro atoms. The number of pyridine rings is 1. The molecule has 0 saturated carbocycles. The summed E-state index contributed by atoms with van der Waals surface area (Å²) in [5.74, 6) is 0.459. The Hall–Kier alpha value is -2.86. The number of aromatic nitrogens is 2. The van der Waals surface area contributed by atoms with Gasteiger partial charge in [-0.25, -0.2) is 4.98 Å². The molecule has 0 saturated heterocycles. The number of Topliss-reactive ketones (excluding diaryl/α,β-unsaturated/α-hetero) is 1. The first-order valence-corrected chi connectivity index (χ1v) is 9.09. The predicted molar refractivity (Wildman–Crippen MR) is 103 cm³/mol. The summed E-state index contributed by atoms with van der Waals surface area (Å²) in [4.78, 5) is 28.6. The van der Waals surface area contributed by atoms with Crippen LogP contribution in [0.3, 0.4) is 0 Å². The monoisotopic (exact) mass is 385 g/mol. The van der Waals surface area contributed by atoms with Gasteiger partial charge in [-0.05, 0) is 43.3 Å². The molecule has 3 aromatic rings. The van der Waals surface area contributed by atoms with Crippen molar-refractivity contribution in [3.63, 3.8) is 0 Å². The summed E-state index contributed by atoms with van der Waals surface area (Å²) >= 11 is 5.94. The topological polar surface area (TPSA) is 72.7 Å². The number of hydrogen-bond donors (Lipinski definition) is 1. The molecule has 2 heterocycles. The average molecular weight is 386 g/mol. The molecule has 1 aromatic carbocycles. The molecule has 6 nitrogen and oxygen atoms in total. The Bertz CT molecular complexity index is 951. The van der Waals surface area contributed by atoms with E-state index in [0.29, 0.717) is 23.7 Å². The Labute approximate surface area is 162 Å². The minimum Gasteiger partial charge on any atom is -0.494 e. The van der Waals surface area contributed by atoms with E-state index in [9.17, 15) is 9.59 Å². The van der Waals surface area contributed by atoms with Gasteiger partial charge in [0.2, 0.25) is 5.91 Å². The standard InChI is InChI=1S/C20H20ClN3O3/c1-2-27-17-6-3-14(4-7-17)18(25)8-10-20(26)22-11-16-13-24-12-15(21)5-9-19(24)23-16/h3-7,9,12-13H,2,8,10-11H2,1H3,(H,22,26). The number of imidazole rings is 1. The maximum atomic E-state index is 12.2. The van der Waals surface area contributed by atoms with Crippen LogP contribution in [-0.2, 0) is 11.3 Å². The summed E-state index contributed by atoms with van der Waals surface area (Å²) in [5, 5.41) is 3.40. The quantitative estimate of drug-likeness (QED) is 0.600. The number of amides is 1. The Morgan fingerprint density at radius 2 is 1.89 bits per heavy atom. The molecular weight excluding hydrogens is 366 g/mol. The number of ketones is 1. The molecule has 0 aliphatic heterocycles. The smallest absolute Gasteiger partial charge is 0.220 e. The molecule has 0 aliphatic rings. The van der Waals surface area contributed by atoms with E-state index >= 15 is 0 Å². The lowest BCUT2D eigenvalue weighted by Gasteiger charge is -2.05.